The van der Waals surface area contributed by atoms with Crippen LogP contribution in [0.15, 0.2) is 34.9 Å². The second-order valence-corrected chi connectivity index (χ2v) is 7.17. The Hall–Kier alpha value is -3.24. The summed E-state index contributed by atoms with van der Waals surface area (Å²) in [5.74, 6) is -2.29. The minimum atomic E-state index is -5.34. The number of hydrogen-bond acceptors (Lipinski definition) is 7. The van der Waals surface area contributed by atoms with Crippen molar-refractivity contribution in [3.05, 3.63) is 36.1 Å². The van der Waals surface area contributed by atoms with E-state index in [0.717, 1.165) is 13.2 Å². The maximum absolute atomic E-state index is 14.1. The molecule has 0 saturated heterocycles. The molecule has 0 saturated carbocycles. The van der Waals surface area contributed by atoms with Gasteiger partial charge in [-0.05, 0) is 45.0 Å². The molecular formula is C19H21F3N2O6. The van der Waals surface area contributed by atoms with Crippen LogP contribution in [0, 0.1) is 0 Å². The number of aromatic nitrogens is 1. The SMILES string of the molecule is COC(=O)C(NC(=O)OC(C)(C)C)(c1cc(-c2ccc(OC)cc2)no1)C(F)(F)F. The normalized spacial score (nSPS) is 13.9. The molecule has 0 fully saturated rings. The van der Waals surface area contributed by atoms with Crippen LogP contribution in [0.2, 0.25) is 0 Å². The number of nitrogens with one attached hydrogen (secondary N) is 1. The van der Waals surface area contributed by atoms with Gasteiger partial charge in [-0.15, -0.1) is 0 Å². The third kappa shape index (κ3) is 4.66. The number of nitrogens with zero attached hydrogens (tertiary/aromatic N) is 1. The molecule has 0 bridgehead atoms. The van der Waals surface area contributed by atoms with Gasteiger partial charge in [0.2, 0.25) is 0 Å². The molecular weight excluding hydrogens is 409 g/mol. The largest absolute Gasteiger partial charge is 0.497 e. The lowest BCUT2D eigenvalue weighted by Gasteiger charge is -2.32. The Bertz CT molecular complexity index is 902. The maximum Gasteiger partial charge on any atom is 0.430 e. The van der Waals surface area contributed by atoms with Gasteiger partial charge in [0.15, 0.2) is 5.76 Å². The summed E-state index contributed by atoms with van der Waals surface area (Å²) in [7, 11) is 2.21. The molecule has 1 N–H and O–H groups in total. The van der Waals surface area contributed by atoms with Gasteiger partial charge in [-0.1, -0.05) is 5.16 Å². The van der Waals surface area contributed by atoms with E-state index < -0.39 is 35.1 Å². The number of benzene rings is 1. The van der Waals surface area contributed by atoms with E-state index >= 15 is 0 Å². The van der Waals surface area contributed by atoms with E-state index in [4.69, 9.17) is 14.0 Å². The maximum atomic E-state index is 14.1. The average molecular weight is 430 g/mol. The second-order valence-electron chi connectivity index (χ2n) is 7.17. The van der Waals surface area contributed by atoms with Gasteiger partial charge in [0.05, 0.1) is 14.2 Å². The molecule has 164 valence electrons. The van der Waals surface area contributed by atoms with Gasteiger partial charge in [0, 0.05) is 11.6 Å². The Morgan fingerprint density at radius 2 is 1.67 bits per heavy atom. The summed E-state index contributed by atoms with van der Waals surface area (Å²) in [6.45, 7) is 4.36. The zero-order valence-electron chi connectivity index (χ0n) is 16.9. The highest BCUT2D eigenvalue weighted by atomic mass is 19.4. The van der Waals surface area contributed by atoms with Crippen LogP contribution in [0.3, 0.4) is 0 Å². The summed E-state index contributed by atoms with van der Waals surface area (Å²) in [5.41, 5.74) is -4.39. The van der Waals surface area contributed by atoms with Crippen LogP contribution in [-0.2, 0) is 19.8 Å². The first-order valence-corrected chi connectivity index (χ1v) is 8.62. The number of amides is 1. The van der Waals surface area contributed by atoms with E-state index in [1.54, 1.807) is 17.4 Å². The number of carbonyl (C=O) groups excluding carboxylic acids is 2. The van der Waals surface area contributed by atoms with Gasteiger partial charge in [-0.2, -0.15) is 13.2 Å². The Labute approximate surface area is 170 Å². The number of alkyl halides is 3. The van der Waals surface area contributed by atoms with Crippen LogP contribution in [0.4, 0.5) is 18.0 Å². The number of carbonyl (C=O) groups is 2. The predicted octanol–water partition coefficient (Wildman–Crippen LogP) is 3.81. The molecule has 1 heterocycles. The van der Waals surface area contributed by atoms with Crippen LogP contribution < -0.4 is 10.1 Å². The van der Waals surface area contributed by atoms with E-state index in [9.17, 15) is 22.8 Å². The van der Waals surface area contributed by atoms with Crippen LogP contribution >= 0.6 is 0 Å². The fourth-order valence-electron chi connectivity index (χ4n) is 2.50. The number of rotatable bonds is 5. The molecule has 1 aromatic heterocycles. The summed E-state index contributed by atoms with van der Waals surface area (Å²) in [6.07, 6.45) is -6.83. The Morgan fingerprint density at radius 1 is 1.07 bits per heavy atom. The molecule has 0 spiro atoms. The zero-order valence-corrected chi connectivity index (χ0v) is 16.9. The molecule has 0 aliphatic heterocycles. The smallest absolute Gasteiger partial charge is 0.430 e. The van der Waals surface area contributed by atoms with Crippen LogP contribution in [0.1, 0.15) is 26.5 Å². The Kier molecular flexibility index (Phi) is 6.33. The highest BCUT2D eigenvalue weighted by molar-refractivity contribution is 5.88. The molecule has 1 unspecified atom stereocenters. The molecule has 0 aliphatic carbocycles. The minimum Gasteiger partial charge on any atom is -0.497 e. The van der Waals surface area contributed by atoms with Gasteiger partial charge >= 0.3 is 18.2 Å². The van der Waals surface area contributed by atoms with E-state index in [0.29, 0.717) is 11.3 Å². The van der Waals surface area contributed by atoms with Crippen LogP contribution in [0.25, 0.3) is 11.3 Å². The Morgan fingerprint density at radius 3 is 2.13 bits per heavy atom. The highest BCUT2D eigenvalue weighted by Gasteiger charge is 2.67. The van der Waals surface area contributed by atoms with Crippen molar-refractivity contribution < 1.29 is 41.5 Å². The topological polar surface area (TPSA) is 99.9 Å². The van der Waals surface area contributed by atoms with Crippen molar-refractivity contribution in [3.63, 3.8) is 0 Å². The Balaban J connectivity index is 2.55. The van der Waals surface area contributed by atoms with Crippen molar-refractivity contribution in [3.8, 4) is 17.0 Å². The third-order valence-electron chi connectivity index (χ3n) is 3.87. The van der Waals surface area contributed by atoms with Crippen molar-refractivity contribution in [2.75, 3.05) is 14.2 Å². The van der Waals surface area contributed by atoms with Crippen molar-refractivity contribution in [2.24, 2.45) is 0 Å². The summed E-state index contributed by atoms with van der Waals surface area (Å²) in [6, 6.07) is 7.10. The van der Waals surface area contributed by atoms with E-state index in [1.807, 2.05) is 0 Å². The predicted molar refractivity (Wildman–Crippen MR) is 97.6 cm³/mol. The van der Waals surface area contributed by atoms with Crippen molar-refractivity contribution in [2.45, 2.75) is 38.1 Å². The van der Waals surface area contributed by atoms with E-state index in [2.05, 4.69) is 9.89 Å². The van der Waals surface area contributed by atoms with E-state index in [1.165, 1.54) is 40.0 Å². The van der Waals surface area contributed by atoms with Gasteiger partial charge < -0.3 is 18.7 Å². The molecule has 1 atom stereocenters. The second kappa shape index (κ2) is 8.25. The quantitative estimate of drug-likeness (QED) is 0.720. The molecule has 2 aromatic rings. The van der Waals surface area contributed by atoms with Crippen molar-refractivity contribution >= 4 is 12.1 Å². The first-order chi connectivity index (χ1) is 13.8. The number of esters is 1. The molecule has 8 nitrogen and oxygen atoms in total. The highest BCUT2D eigenvalue weighted by Crippen LogP contribution is 2.41. The lowest BCUT2D eigenvalue weighted by molar-refractivity contribution is -0.218. The van der Waals surface area contributed by atoms with Crippen molar-refractivity contribution in [1.82, 2.24) is 10.5 Å². The fraction of sp³-hybridized carbons (Fsp3) is 0.421. The molecule has 1 aromatic carbocycles. The molecule has 1 amide bonds. The van der Waals surface area contributed by atoms with Gasteiger partial charge in [-0.25, -0.2) is 9.59 Å². The summed E-state index contributed by atoms with van der Waals surface area (Å²) < 4.78 is 61.5. The molecule has 0 aliphatic rings. The number of methoxy groups -OCH3 is 2. The average Bonchev–Trinajstić information content (AvgIpc) is 3.13. The number of halogens is 3. The van der Waals surface area contributed by atoms with Gasteiger partial charge in [0.1, 0.15) is 17.0 Å². The zero-order chi connectivity index (χ0) is 22.7. The lowest BCUT2D eigenvalue weighted by atomic mass is 9.94. The standard InChI is InChI=1S/C19H21F3N2O6/c1-17(2,3)29-16(26)23-18(15(25)28-5,19(20,21)22)14-10-13(24-30-14)11-6-8-12(27-4)9-7-11/h6-10H,1-5H3,(H,23,26). The number of hydrogen-bond donors (Lipinski definition) is 1. The summed E-state index contributed by atoms with van der Waals surface area (Å²) in [4.78, 5) is 24.4. The molecule has 11 heteroatoms. The third-order valence-corrected chi connectivity index (χ3v) is 3.87. The molecule has 30 heavy (non-hydrogen) atoms. The summed E-state index contributed by atoms with van der Waals surface area (Å²) >= 11 is 0. The van der Waals surface area contributed by atoms with Crippen LogP contribution in [0.5, 0.6) is 5.75 Å². The fourth-order valence-corrected chi connectivity index (χ4v) is 2.50. The van der Waals surface area contributed by atoms with Gasteiger partial charge in [0.25, 0.3) is 5.54 Å². The first-order valence-electron chi connectivity index (χ1n) is 8.62. The lowest BCUT2D eigenvalue weighted by Crippen LogP contribution is -2.62. The van der Waals surface area contributed by atoms with Crippen LogP contribution in [-0.4, -0.2) is 43.2 Å². The number of alkyl carbamates (subject to hydrolysis) is 1. The first kappa shape index (κ1) is 23.0. The number of ether oxygens (including phenoxy) is 3. The minimum absolute atomic E-state index is 0.00355. The van der Waals surface area contributed by atoms with Gasteiger partial charge in [-0.3, -0.25) is 5.32 Å². The van der Waals surface area contributed by atoms with Crippen molar-refractivity contribution in [1.29, 1.82) is 0 Å². The summed E-state index contributed by atoms with van der Waals surface area (Å²) in [5, 5.41) is 5.17. The molecule has 0 radical (unpaired) electrons. The monoisotopic (exact) mass is 430 g/mol. The molecule has 2 rings (SSSR count). The van der Waals surface area contributed by atoms with E-state index in [-0.39, 0.29) is 5.69 Å².